The minimum absolute atomic E-state index is 0.322. The molecule has 96 valence electrons. The zero-order valence-corrected chi connectivity index (χ0v) is 10.8. The van der Waals surface area contributed by atoms with Crippen LogP contribution in [0.15, 0.2) is 0 Å². The van der Waals surface area contributed by atoms with Crippen molar-refractivity contribution in [2.75, 3.05) is 26.9 Å². The molecule has 0 radical (unpaired) electrons. The Morgan fingerprint density at radius 2 is 2.06 bits per heavy atom. The highest BCUT2D eigenvalue weighted by Gasteiger charge is 2.26. The summed E-state index contributed by atoms with van der Waals surface area (Å²) in [5.41, 5.74) is 0. The Labute approximate surface area is 99.8 Å². The number of ether oxygens (including phenoxy) is 1. The van der Waals surface area contributed by atoms with E-state index in [0.29, 0.717) is 18.7 Å². The first-order valence-electron chi connectivity index (χ1n) is 6.65. The lowest BCUT2D eigenvalue weighted by molar-refractivity contribution is 0.0499. The fourth-order valence-electron chi connectivity index (χ4n) is 2.66. The van der Waals surface area contributed by atoms with Crippen molar-refractivity contribution in [1.82, 2.24) is 4.90 Å². The van der Waals surface area contributed by atoms with Crippen LogP contribution in [0.2, 0.25) is 0 Å². The molecule has 2 atom stereocenters. The molecule has 0 spiro atoms. The molecule has 0 amide bonds. The van der Waals surface area contributed by atoms with Crippen LogP contribution < -0.4 is 0 Å². The Kier molecular flexibility index (Phi) is 7.01. The van der Waals surface area contributed by atoms with Gasteiger partial charge in [-0.2, -0.15) is 0 Å². The van der Waals surface area contributed by atoms with Crippen molar-refractivity contribution in [1.29, 1.82) is 0 Å². The molecule has 2 unspecified atom stereocenters. The lowest BCUT2D eigenvalue weighted by atomic mass is 9.96. The number of unbranched alkanes of at least 4 members (excludes halogenated alkanes) is 2. The summed E-state index contributed by atoms with van der Waals surface area (Å²) in [4.78, 5) is 2.50. The number of likely N-dealkylation sites (tertiary alicyclic amines) is 1. The number of aliphatic hydroxyl groups is 1. The zero-order valence-electron chi connectivity index (χ0n) is 10.8. The second-order valence-corrected chi connectivity index (χ2v) is 4.91. The monoisotopic (exact) mass is 229 g/mol. The van der Waals surface area contributed by atoms with Crippen molar-refractivity contribution in [3.63, 3.8) is 0 Å². The van der Waals surface area contributed by atoms with E-state index in [1.807, 2.05) is 0 Å². The molecule has 3 heteroatoms. The third kappa shape index (κ3) is 4.40. The number of hydrogen-bond donors (Lipinski definition) is 1. The first-order valence-corrected chi connectivity index (χ1v) is 6.65. The van der Waals surface area contributed by atoms with Gasteiger partial charge in [-0.25, -0.2) is 0 Å². The summed E-state index contributed by atoms with van der Waals surface area (Å²) in [5, 5.41) is 9.36. The number of methoxy groups -OCH3 is 1. The first-order chi connectivity index (χ1) is 7.79. The predicted octanol–water partition coefficient (Wildman–Crippen LogP) is 2.04. The molecule has 0 saturated carbocycles. The summed E-state index contributed by atoms with van der Waals surface area (Å²) in [6.45, 7) is 4.62. The van der Waals surface area contributed by atoms with Crippen LogP contribution in [0.5, 0.6) is 0 Å². The minimum Gasteiger partial charge on any atom is -0.395 e. The van der Waals surface area contributed by atoms with E-state index >= 15 is 0 Å². The van der Waals surface area contributed by atoms with Gasteiger partial charge in [0, 0.05) is 25.8 Å². The average molecular weight is 229 g/mol. The summed E-state index contributed by atoms with van der Waals surface area (Å²) in [7, 11) is 1.76. The Balaban J connectivity index is 2.20. The van der Waals surface area contributed by atoms with E-state index in [2.05, 4.69) is 11.8 Å². The highest BCUT2D eigenvalue weighted by Crippen LogP contribution is 2.22. The molecule has 1 rings (SSSR count). The Bertz CT molecular complexity index is 175. The molecular weight excluding hydrogens is 202 g/mol. The minimum atomic E-state index is 0.322. The summed E-state index contributed by atoms with van der Waals surface area (Å²) in [5.74, 6) is 0. The standard InChI is InChI=1S/C13H27NO2/c1-12-7-6-8-13(11-15)14(12)9-4-3-5-10-16-2/h12-13,15H,3-11H2,1-2H3. The SMILES string of the molecule is COCCCCCN1C(C)CCCC1CO. The highest BCUT2D eigenvalue weighted by atomic mass is 16.5. The van der Waals surface area contributed by atoms with E-state index in [-0.39, 0.29) is 0 Å². The van der Waals surface area contributed by atoms with Crippen molar-refractivity contribution in [3.05, 3.63) is 0 Å². The van der Waals surface area contributed by atoms with Gasteiger partial charge in [-0.15, -0.1) is 0 Å². The van der Waals surface area contributed by atoms with Crippen LogP contribution in [0.1, 0.15) is 45.4 Å². The number of hydrogen-bond acceptors (Lipinski definition) is 3. The van der Waals surface area contributed by atoms with E-state index in [1.54, 1.807) is 7.11 Å². The Hall–Kier alpha value is -0.120. The Morgan fingerprint density at radius 3 is 2.75 bits per heavy atom. The molecule has 1 saturated heterocycles. The van der Waals surface area contributed by atoms with Gasteiger partial charge >= 0.3 is 0 Å². The molecule has 1 N–H and O–H groups in total. The van der Waals surface area contributed by atoms with Gasteiger partial charge in [-0.1, -0.05) is 6.42 Å². The van der Waals surface area contributed by atoms with Crippen LogP contribution >= 0.6 is 0 Å². The lowest BCUT2D eigenvalue weighted by Crippen LogP contribution is -2.47. The predicted molar refractivity (Wildman–Crippen MR) is 66.6 cm³/mol. The van der Waals surface area contributed by atoms with Crippen LogP contribution in [0.4, 0.5) is 0 Å². The van der Waals surface area contributed by atoms with Gasteiger partial charge in [0.2, 0.25) is 0 Å². The quantitative estimate of drug-likeness (QED) is 0.678. The van der Waals surface area contributed by atoms with Gasteiger partial charge in [0.1, 0.15) is 0 Å². The van der Waals surface area contributed by atoms with Crippen molar-refractivity contribution >= 4 is 0 Å². The summed E-state index contributed by atoms with van der Waals surface area (Å²) >= 11 is 0. The van der Waals surface area contributed by atoms with Crippen LogP contribution in [-0.4, -0.2) is 49.0 Å². The van der Waals surface area contributed by atoms with Gasteiger partial charge in [0.25, 0.3) is 0 Å². The number of nitrogens with zero attached hydrogens (tertiary/aromatic N) is 1. The number of piperidine rings is 1. The van der Waals surface area contributed by atoms with Crippen molar-refractivity contribution in [2.45, 2.75) is 57.5 Å². The van der Waals surface area contributed by atoms with Crippen molar-refractivity contribution < 1.29 is 9.84 Å². The van der Waals surface area contributed by atoms with Crippen LogP contribution in [0.3, 0.4) is 0 Å². The van der Waals surface area contributed by atoms with Crippen LogP contribution in [0, 0.1) is 0 Å². The van der Waals surface area contributed by atoms with Crippen molar-refractivity contribution in [2.24, 2.45) is 0 Å². The molecule has 0 aromatic rings. The van der Waals surface area contributed by atoms with Gasteiger partial charge in [0.15, 0.2) is 0 Å². The molecular formula is C13H27NO2. The van der Waals surface area contributed by atoms with E-state index in [1.165, 1.54) is 32.1 Å². The first kappa shape index (κ1) is 13.9. The summed E-state index contributed by atoms with van der Waals surface area (Å²) in [6.07, 6.45) is 7.34. The molecule has 1 heterocycles. The molecule has 3 nitrogen and oxygen atoms in total. The highest BCUT2D eigenvalue weighted by molar-refractivity contribution is 4.81. The molecule has 0 bridgehead atoms. The van der Waals surface area contributed by atoms with Gasteiger partial charge in [-0.05, 0) is 45.6 Å². The molecule has 0 aromatic heterocycles. The van der Waals surface area contributed by atoms with Crippen LogP contribution in [0.25, 0.3) is 0 Å². The maximum Gasteiger partial charge on any atom is 0.0586 e. The second kappa shape index (κ2) is 8.04. The zero-order chi connectivity index (χ0) is 11.8. The maximum absolute atomic E-state index is 9.36. The topological polar surface area (TPSA) is 32.7 Å². The fourth-order valence-corrected chi connectivity index (χ4v) is 2.66. The van der Waals surface area contributed by atoms with E-state index in [4.69, 9.17) is 4.74 Å². The summed E-state index contributed by atoms with van der Waals surface area (Å²) < 4.78 is 5.04. The van der Waals surface area contributed by atoms with Crippen molar-refractivity contribution in [3.8, 4) is 0 Å². The third-order valence-corrected chi connectivity index (χ3v) is 3.67. The van der Waals surface area contributed by atoms with Gasteiger partial charge in [0.05, 0.1) is 6.61 Å². The van der Waals surface area contributed by atoms with Gasteiger partial charge < -0.3 is 9.84 Å². The third-order valence-electron chi connectivity index (χ3n) is 3.67. The Morgan fingerprint density at radius 1 is 1.25 bits per heavy atom. The van der Waals surface area contributed by atoms with Crippen LogP contribution in [-0.2, 0) is 4.74 Å². The fraction of sp³-hybridized carbons (Fsp3) is 1.00. The van der Waals surface area contributed by atoms with E-state index in [0.717, 1.165) is 19.6 Å². The lowest BCUT2D eigenvalue weighted by Gasteiger charge is -2.40. The average Bonchev–Trinajstić information content (AvgIpc) is 2.30. The molecule has 1 aliphatic rings. The molecule has 0 aromatic carbocycles. The van der Waals surface area contributed by atoms with E-state index < -0.39 is 0 Å². The molecule has 1 aliphatic heterocycles. The largest absolute Gasteiger partial charge is 0.395 e. The molecule has 16 heavy (non-hydrogen) atoms. The molecule has 0 aliphatic carbocycles. The van der Waals surface area contributed by atoms with E-state index in [9.17, 15) is 5.11 Å². The smallest absolute Gasteiger partial charge is 0.0586 e. The normalized spacial score (nSPS) is 27.2. The van der Waals surface area contributed by atoms with Gasteiger partial charge in [-0.3, -0.25) is 4.90 Å². The summed E-state index contributed by atoms with van der Waals surface area (Å²) in [6, 6.07) is 1.06. The molecule has 1 fully saturated rings. The number of aliphatic hydroxyl groups excluding tert-OH is 1. The second-order valence-electron chi connectivity index (χ2n) is 4.91. The number of rotatable bonds is 7. The maximum atomic E-state index is 9.36.